The minimum Gasteiger partial charge on any atom is -0.393 e. The minimum atomic E-state index is -0.0780. The van der Waals surface area contributed by atoms with Gasteiger partial charge in [0.1, 0.15) is 0 Å². The predicted octanol–water partition coefficient (Wildman–Crippen LogP) is 7.88. The molecular formula is C30H50O. The summed E-state index contributed by atoms with van der Waals surface area (Å²) in [4.78, 5) is 0. The van der Waals surface area contributed by atoms with E-state index >= 15 is 0 Å². The first kappa shape index (κ1) is 22.5. The van der Waals surface area contributed by atoms with Crippen LogP contribution in [-0.4, -0.2) is 11.2 Å². The molecule has 0 bridgehead atoms. The lowest BCUT2D eigenvalue weighted by Gasteiger charge is -2.58. The molecule has 0 unspecified atom stereocenters. The van der Waals surface area contributed by atoms with Crippen LogP contribution in [0, 0.1) is 64.1 Å². The summed E-state index contributed by atoms with van der Waals surface area (Å²) in [5.74, 6) is 8.46. The lowest BCUT2D eigenvalue weighted by molar-refractivity contribution is -0.0586. The molecule has 31 heavy (non-hydrogen) atoms. The molecule has 0 spiro atoms. The van der Waals surface area contributed by atoms with Crippen LogP contribution in [0.15, 0.2) is 11.6 Å². The standard InChI is InChI=1S/C30H50O/c1-7-18(2)19(3)24-17-25(24)20(4)26-10-11-27-23-9-8-21-16-22(31)12-14-29(21,5)28(23)13-15-30(26,27)6/h8,18-20,22-28,31H,7,9-17H2,1-6H3/t18-,19-,20+,22-,23-,24+,25+,26+,27-,28-,29-,30+/m0/s1. The Kier molecular flexibility index (Phi) is 5.72. The largest absolute Gasteiger partial charge is 0.393 e. The van der Waals surface area contributed by atoms with Crippen molar-refractivity contribution in [2.45, 2.75) is 112 Å². The highest BCUT2D eigenvalue weighted by molar-refractivity contribution is 5.25. The average Bonchev–Trinajstić information content (AvgIpc) is 3.47. The quantitative estimate of drug-likeness (QED) is 0.443. The van der Waals surface area contributed by atoms with Gasteiger partial charge < -0.3 is 5.11 Å². The van der Waals surface area contributed by atoms with E-state index in [9.17, 15) is 5.11 Å². The van der Waals surface area contributed by atoms with E-state index in [0.29, 0.717) is 10.8 Å². The fraction of sp³-hybridized carbons (Fsp3) is 0.933. The molecule has 4 fully saturated rings. The molecule has 4 saturated carbocycles. The summed E-state index contributed by atoms with van der Waals surface area (Å²) in [5, 5.41) is 10.3. The third kappa shape index (κ3) is 3.41. The van der Waals surface area contributed by atoms with E-state index in [1.165, 1.54) is 51.4 Å². The predicted molar refractivity (Wildman–Crippen MR) is 131 cm³/mol. The minimum absolute atomic E-state index is 0.0780. The highest BCUT2D eigenvalue weighted by Crippen LogP contribution is 2.69. The van der Waals surface area contributed by atoms with E-state index in [1.54, 1.807) is 5.57 Å². The normalized spacial score (nSPS) is 51.7. The van der Waals surface area contributed by atoms with E-state index in [1.807, 2.05) is 0 Å². The van der Waals surface area contributed by atoms with Gasteiger partial charge in [-0.1, -0.05) is 59.6 Å². The summed E-state index contributed by atoms with van der Waals surface area (Å²) in [5.41, 5.74) is 2.60. The molecule has 0 aliphatic heterocycles. The van der Waals surface area contributed by atoms with Crippen LogP contribution in [0.4, 0.5) is 0 Å². The molecule has 0 saturated heterocycles. The lowest BCUT2D eigenvalue weighted by Crippen LogP contribution is -2.51. The highest BCUT2D eigenvalue weighted by Gasteiger charge is 2.61. The molecule has 0 radical (unpaired) electrons. The molecule has 1 N–H and O–H groups in total. The number of allylic oxidation sites excluding steroid dienone is 1. The first-order chi connectivity index (χ1) is 14.7. The van der Waals surface area contributed by atoms with Crippen molar-refractivity contribution >= 4 is 0 Å². The van der Waals surface area contributed by atoms with Gasteiger partial charge in [0, 0.05) is 0 Å². The van der Waals surface area contributed by atoms with Gasteiger partial charge in [-0.25, -0.2) is 0 Å². The Bertz CT molecular complexity index is 709. The number of fused-ring (bicyclic) bond motifs is 5. The van der Waals surface area contributed by atoms with Crippen molar-refractivity contribution in [2.75, 3.05) is 0 Å². The third-order valence-electron chi connectivity index (χ3n) is 12.6. The molecule has 0 aromatic rings. The zero-order chi connectivity index (χ0) is 22.1. The van der Waals surface area contributed by atoms with Gasteiger partial charge >= 0.3 is 0 Å². The zero-order valence-corrected chi connectivity index (χ0v) is 21.4. The first-order valence-corrected chi connectivity index (χ1v) is 14.1. The number of aliphatic hydroxyl groups excluding tert-OH is 1. The van der Waals surface area contributed by atoms with Crippen molar-refractivity contribution in [1.29, 1.82) is 0 Å². The second kappa shape index (κ2) is 7.89. The van der Waals surface area contributed by atoms with Gasteiger partial charge in [0.15, 0.2) is 0 Å². The molecule has 1 nitrogen and oxygen atoms in total. The molecule has 1 heteroatoms. The Hall–Kier alpha value is -0.300. The van der Waals surface area contributed by atoms with Crippen LogP contribution in [0.25, 0.3) is 0 Å². The van der Waals surface area contributed by atoms with E-state index in [0.717, 1.165) is 66.1 Å². The topological polar surface area (TPSA) is 20.2 Å². The third-order valence-corrected chi connectivity index (χ3v) is 12.6. The number of hydrogen-bond donors (Lipinski definition) is 1. The Balaban J connectivity index is 1.32. The van der Waals surface area contributed by atoms with E-state index in [2.05, 4.69) is 47.6 Å². The van der Waals surface area contributed by atoms with Crippen LogP contribution in [0.5, 0.6) is 0 Å². The fourth-order valence-electron chi connectivity index (χ4n) is 10.1. The zero-order valence-electron chi connectivity index (χ0n) is 21.4. The summed E-state index contributed by atoms with van der Waals surface area (Å²) in [6, 6.07) is 0. The van der Waals surface area contributed by atoms with E-state index in [-0.39, 0.29) is 6.10 Å². The summed E-state index contributed by atoms with van der Waals surface area (Å²) in [6.45, 7) is 15.4. The van der Waals surface area contributed by atoms with Gasteiger partial charge in [-0.15, -0.1) is 0 Å². The maximum Gasteiger partial charge on any atom is 0.0577 e. The second-order valence-electron chi connectivity index (χ2n) is 13.6. The second-order valence-corrected chi connectivity index (χ2v) is 13.6. The van der Waals surface area contributed by atoms with Gasteiger partial charge in [-0.2, -0.15) is 0 Å². The van der Waals surface area contributed by atoms with Crippen LogP contribution in [-0.2, 0) is 0 Å². The number of aliphatic hydroxyl groups is 1. The Morgan fingerprint density at radius 3 is 2.52 bits per heavy atom. The summed E-state index contributed by atoms with van der Waals surface area (Å²) >= 11 is 0. The summed E-state index contributed by atoms with van der Waals surface area (Å²) < 4.78 is 0. The maximum atomic E-state index is 10.3. The molecule has 0 aromatic carbocycles. The molecule has 176 valence electrons. The lowest BCUT2D eigenvalue weighted by atomic mass is 9.47. The van der Waals surface area contributed by atoms with Gasteiger partial charge in [0.05, 0.1) is 6.10 Å². The molecule has 5 aliphatic carbocycles. The van der Waals surface area contributed by atoms with Crippen molar-refractivity contribution in [3.8, 4) is 0 Å². The van der Waals surface area contributed by atoms with Crippen LogP contribution >= 0.6 is 0 Å². The molecular weight excluding hydrogens is 376 g/mol. The molecule has 12 atom stereocenters. The van der Waals surface area contributed by atoms with E-state index < -0.39 is 0 Å². The van der Waals surface area contributed by atoms with Gasteiger partial charge in [0.2, 0.25) is 0 Å². The molecule has 0 aromatic heterocycles. The monoisotopic (exact) mass is 426 g/mol. The summed E-state index contributed by atoms with van der Waals surface area (Å²) in [7, 11) is 0. The smallest absolute Gasteiger partial charge is 0.0577 e. The van der Waals surface area contributed by atoms with Crippen LogP contribution in [0.2, 0.25) is 0 Å². The number of rotatable bonds is 5. The van der Waals surface area contributed by atoms with E-state index in [4.69, 9.17) is 0 Å². The molecule has 0 heterocycles. The Morgan fingerprint density at radius 1 is 1.00 bits per heavy atom. The molecule has 0 amide bonds. The van der Waals surface area contributed by atoms with Crippen LogP contribution < -0.4 is 0 Å². The van der Waals surface area contributed by atoms with Crippen LogP contribution in [0.3, 0.4) is 0 Å². The Labute approximate surface area is 192 Å². The average molecular weight is 427 g/mol. The first-order valence-electron chi connectivity index (χ1n) is 14.1. The van der Waals surface area contributed by atoms with Crippen LogP contribution in [0.1, 0.15) is 106 Å². The van der Waals surface area contributed by atoms with Crippen molar-refractivity contribution in [3.63, 3.8) is 0 Å². The van der Waals surface area contributed by atoms with Gasteiger partial charge in [0.25, 0.3) is 0 Å². The van der Waals surface area contributed by atoms with Crippen molar-refractivity contribution < 1.29 is 5.11 Å². The SMILES string of the molecule is CC[C@H](C)[C@H](C)[C@H]1C[C@@H]1[C@@H](C)[C@H]1CC[C@H]2[C@@H]3CC=C4C[C@@H](O)CC[C@]4(C)[C@H]3CC[C@]12C. The summed E-state index contributed by atoms with van der Waals surface area (Å²) in [6.07, 6.45) is 15.8. The maximum absolute atomic E-state index is 10.3. The molecule has 5 aliphatic rings. The fourth-order valence-corrected chi connectivity index (χ4v) is 10.1. The van der Waals surface area contributed by atoms with Crippen molar-refractivity contribution in [2.24, 2.45) is 64.1 Å². The number of hydrogen-bond acceptors (Lipinski definition) is 1. The highest BCUT2D eigenvalue weighted by atomic mass is 16.3. The Morgan fingerprint density at radius 2 is 1.77 bits per heavy atom. The van der Waals surface area contributed by atoms with Crippen molar-refractivity contribution in [3.05, 3.63) is 11.6 Å². The van der Waals surface area contributed by atoms with Crippen molar-refractivity contribution in [1.82, 2.24) is 0 Å². The molecule has 5 rings (SSSR count). The van der Waals surface area contributed by atoms with Gasteiger partial charge in [-0.3, -0.25) is 0 Å². The van der Waals surface area contributed by atoms with Gasteiger partial charge in [-0.05, 0) is 122 Å².